The molecule has 0 aliphatic heterocycles. The molecule has 6 aromatic rings. The number of furan rings is 2. The summed E-state index contributed by atoms with van der Waals surface area (Å²) in [4.78, 5) is 9.61. The van der Waals surface area contributed by atoms with Crippen molar-refractivity contribution < 1.29 is 8.83 Å². The third kappa shape index (κ3) is 3.51. The van der Waals surface area contributed by atoms with Crippen LogP contribution in [0.5, 0.6) is 0 Å². The maximum Gasteiger partial charge on any atom is 0.152 e. The van der Waals surface area contributed by atoms with E-state index in [0.717, 1.165) is 50.5 Å². The summed E-state index contributed by atoms with van der Waals surface area (Å²) in [7, 11) is 0. The fourth-order valence-corrected chi connectivity index (χ4v) is 4.33. The summed E-state index contributed by atoms with van der Waals surface area (Å²) in [6.45, 7) is 0. The minimum absolute atomic E-state index is 0.691. The summed E-state index contributed by atoms with van der Waals surface area (Å²) in [5.74, 6) is 1.45. The number of benzene rings is 2. The molecule has 0 N–H and O–H groups in total. The van der Waals surface area contributed by atoms with Crippen LogP contribution in [0.25, 0.3) is 56.3 Å². The van der Waals surface area contributed by atoms with E-state index >= 15 is 0 Å². The van der Waals surface area contributed by atoms with Crippen LogP contribution in [0.15, 0.2) is 131 Å². The fraction of sp³-hybridized carbons (Fsp3) is 0. The van der Waals surface area contributed by atoms with E-state index in [1.165, 1.54) is 0 Å². The van der Waals surface area contributed by atoms with E-state index < -0.39 is 0 Å². The van der Waals surface area contributed by atoms with Crippen LogP contribution in [0.1, 0.15) is 0 Å². The number of nitrogens with zero attached hydrogens (tertiary/aromatic N) is 2. The molecule has 4 aromatic heterocycles. The molecule has 0 fully saturated rings. The summed E-state index contributed by atoms with van der Waals surface area (Å²) >= 11 is 0. The summed E-state index contributed by atoms with van der Waals surface area (Å²) in [6, 6.07) is 32.2. The Morgan fingerprint density at radius 2 is 1.06 bits per heavy atom. The van der Waals surface area contributed by atoms with Crippen LogP contribution in [0, 0.1) is 0 Å². The van der Waals surface area contributed by atoms with Crippen LogP contribution in [0.3, 0.4) is 0 Å². The Balaban J connectivity index is 1.83. The van der Waals surface area contributed by atoms with Gasteiger partial charge in [0.25, 0.3) is 0 Å². The van der Waals surface area contributed by atoms with Gasteiger partial charge in [0.1, 0.15) is 11.5 Å². The maximum absolute atomic E-state index is 6.03. The Morgan fingerprint density at radius 1 is 0.471 bits per heavy atom. The van der Waals surface area contributed by atoms with Gasteiger partial charge < -0.3 is 8.83 Å². The van der Waals surface area contributed by atoms with Crippen LogP contribution in [-0.4, -0.2) is 9.97 Å². The van der Waals surface area contributed by atoms with Gasteiger partial charge in [-0.05, 0) is 47.5 Å². The Hall–Kier alpha value is -4.70. The van der Waals surface area contributed by atoms with Crippen molar-refractivity contribution in [2.75, 3.05) is 0 Å². The van der Waals surface area contributed by atoms with Gasteiger partial charge in [0.2, 0.25) is 0 Å². The fourth-order valence-electron chi connectivity index (χ4n) is 4.33. The van der Waals surface area contributed by atoms with E-state index in [4.69, 9.17) is 13.8 Å². The minimum Gasteiger partial charge on any atom is -0.464 e. The molecule has 4 nitrogen and oxygen atoms in total. The average Bonchev–Trinajstić information content (AvgIpc) is 3.64. The van der Waals surface area contributed by atoms with Crippen molar-refractivity contribution in [3.05, 3.63) is 122 Å². The molecule has 0 spiro atoms. The molecule has 0 amide bonds. The molecular weight excluding hydrogens is 420 g/mol. The van der Waals surface area contributed by atoms with Gasteiger partial charge in [-0.2, -0.15) is 0 Å². The molecule has 0 aliphatic rings. The lowest BCUT2D eigenvalue weighted by atomic mass is 9.86. The Bertz CT molecular complexity index is 1510. The van der Waals surface area contributed by atoms with Gasteiger partial charge in [-0.3, -0.25) is 4.98 Å². The summed E-state index contributed by atoms with van der Waals surface area (Å²) < 4.78 is 11.9. The number of hydrogen-bond donors (Lipinski definition) is 0. The van der Waals surface area contributed by atoms with Gasteiger partial charge in [-0.1, -0.05) is 60.7 Å². The zero-order valence-electron chi connectivity index (χ0n) is 18.3. The quantitative estimate of drug-likeness (QED) is 0.272. The predicted molar refractivity (Wildman–Crippen MR) is 134 cm³/mol. The molecule has 0 saturated carbocycles. The van der Waals surface area contributed by atoms with Crippen LogP contribution in [0.2, 0.25) is 0 Å². The van der Waals surface area contributed by atoms with Gasteiger partial charge in [0.15, 0.2) is 5.76 Å². The maximum atomic E-state index is 6.03. The van der Waals surface area contributed by atoms with Crippen molar-refractivity contribution in [1.82, 2.24) is 9.97 Å². The van der Waals surface area contributed by atoms with Crippen molar-refractivity contribution in [2.45, 2.75) is 0 Å². The SMILES string of the molecule is c1ccc(-c2c(-c3cccnc3)nc(-c3ccco3)c(-c3ccccc3)c2-c2ccco2)cc1. The molecular formula is C30H20N2O2. The lowest BCUT2D eigenvalue weighted by Crippen LogP contribution is -2.00. The molecule has 34 heavy (non-hydrogen) atoms. The molecule has 0 atom stereocenters. The van der Waals surface area contributed by atoms with Crippen LogP contribution < -0.4 is 0 Å². The van der Waals surface area contributed by atoms with Gasteiger partial charge in [0, 0.05) is 34.6 Å². The minimum atomic E-state index is 0.691. The summed E-state index contributed by atoms with van der Waals surface area (Å²) in [5.41, 5.74) is 7.46. The second kappa shape index (κ2) is 8.68. The first kappa shape index (κ1) is 19.9. The molecule has 0 radical (unpaired) electrons. The zero-order chi connectivity index (χ0) is 22.7. The highest BCUT2D eigenvalue weighted by Crippen LogP contribution is 2.48. The van der Waals surface area contributed by atoms with Crippen molar-refractivity contribution >= 4 is 0 Å². The smallest absolute Gasteiger partial charge is 0.152 e. The summed E-state index contributed by atoms with van der Waals surface area (Å²) in [5, 5.41) is 0. The number of rotatable bonds is 5. The largest absolute Gasteiger partial charge is 0.464 e. The Morgan fingerprint density at radius 3 is 1.62 bits per heavy atom. The van der Waals surface area contributed by atoms with E-state index in [1.54, 1.807) is 18.7 Å². The lowest BCUT2D eigenvalue weighted by molar-refractivity contribution is 0.579. The van der Waals surface area contributed by atoms with E-state index in [1.807, 2.05) is 79.0 Å². The molecule has 0 saturated heterocycles. The topological polar surface area (TPSA) is 52.1 Å². The first-order valence-corrected chi connectivity index (χ1v) is 11.1. The third-order valence-corrected chi connectivity index (χ3v) is 5.78. The summed E-state index contributed by atoms with van der Waals surface area (Å²) in [6.07, 6.45) is 6.99. The van der Waals surface area contributed by atoms with Crippen molar-refractivity contribution in [3.8, 4) is 56.3 Å². The highest BCUT2D eigenvalue weighted by molar-refractivity contribution is 6.03. The molecule has 0 bridgehead atoms. The second-order valence-corrected chi connectivity index (χ2v) is 7.86. The normalized spacial score (nSPS) is 10.9. The van der Waals surface area contributed by atoms with Crippen molar-refractivity contribution in [2.24, 2.45) is 0 Å². The number of pyridine rings is 2. The Labute approximate surface area is 197 Å². The molecule has 6 rings (SSSR count). The number of hydrogen-bond acceptors (Lipinski definition) is 4. The lowest BCUT2D eigenvalue weighted by Gasteiger charge is -2.21. The highest BCUT2D eigenvalue weighted by Gasteiger charge is 2.27. The van der Waals surface area contributed by atoms with Crippen molar-refractivity contribution in [1.29, 1.82) is 0 Å². The van der Waals surface area contributed by atoms with Gasteiger partial charge in [-0.25, -0.2) is 4.98 Å². The molecule has 4 heteroatoms. The highest BCUT2D eigenvalue weighted by atomic mass is 16.3. The average molecular weight is 441 g/mol. The van der Waals surface area contributed by atoms with Gasteiger partial charge in [0.05, 0.1) is 18.2 Å². The third-order valence-electron chi connectivity index (χ3n) is 5.78. The monoisotopic (exact) mass is 440 g/mol. The Kier molecular flexibility index (Phi) is 5.09. The molecule has 162 valence electrons. The molecule has 2 aromatic carbocycles. The molecule has 4 heterocycles. The second-order valence-electron chi connectivity index (χ2n) is 7.86. The zero-order valence-corrected chi connectivity index (χ0v) is 18.3. The molecule has 0 unspecified atom stereocenters. The van der Waals surface area contributed by atoms with Crippen LogP contribution >= 0.6 is 0 Å². The standard InChI is InChI=1S/C30H20N2O2/c1-3-10-21(11-4-1)26-28(24-15-8-18-33-24)27(22-12-5-2-6-13-22)30(25-16-9-19-34-25)32-29(26)23-14-7-17-31-20-23/h1-20H. The van der Waals surface area contributed by atoms with Crippen LogP contribution in [0.4, 0.5) is 0 Å². The first-order chi connectivity index (χ1) is 16.9. The predicted octanol–water partition coefficient (Wildman–Crippen LogP) is 8.00. The van der Waals surface area contributed by atoms with E-state index in [9.17, 15) is 0 Å². The first-order valence-electron chi connectivity index (χ1n) is 11.1. The van der Waals surface area contributed by atoms with E-state index in [2.05, 4.69) is 29.2 Å². The van der Waals surface area contributed by atoms with E-state index in [0.29, 0.717) is 5.76 Å². The van der Waals surface area contributed by atoms with Gasteiger partial charge >= 0.3 is 0 Å². The van der Waals surface area contributed by atoms with Crippen molar-refractivity contribution in [3.63, 3.8) is 0 Å². The van der Waals surface area contributed by atoms with Crippen LogP contribution in [-0.2, 0) is 0 Å². The van der Waals surface area contributed by atoms with Gasteiger partial charge in [-0.15, -0.1) is 0 Å². The van der Waals surface area contributed by atoms with E-state index in [-0.39, 0.29) is 0 Å². The number of aromatic nitrogens is 2. The molecule has 0 aliphatic carbocycles.